The molecule has 1 rings (SSSR count). The van der Waals surface area contributed by atoms with Crippen molar-refractivity contribution in [3.63, 3.8) is 0 Å². The lowest BCUT2D eigenvalue weighted by atomic mass is 10.0. The van der Waals surface area contributed by atoms with Gasteiger partial charge in [-0.3, -0.25) is 10.1 Å². The van der Waals surface area contributed by atoms with E-state index in [4.69, 9.17) is 5.21 Å². The molecular formula is C11H14N2O3. The first-order valence-corrected chi connectivity index (χ1v) is 5.00. The number of rotatable bonds is 4. The second kappa shape index (κ2) is 5.25. The van der Waals surface area contributed by atoms with E-state index >= 15 is 0 Å². The van der Waals surface area contributed by atoms with Crippen molar-refractivity contribution in [3.05, 3.63) is 39.9 Å². The number of non-ortho nitro benzene ring substituents is 1. The standard InChI is InChI=1S/C11H14N2O3/c1-8(2)6-11(12-14)9-4-3-5-10(7-9)13(15)16/h3-5,7-8,14H,6H2,1-2H3/b12-11-. The van der Waals surface area contributed by atoms with Crippen LogP contribution >= 0.6 is 0 Å². The molecule has 5 heteroatoms. The van der Waals surface area contributed by atoms with E-state index < -0.39 is 4.92 Å². The van der Waals surface area contributed by atoms with Crippen LogP contribution in [0.15, 0.2) is 29.4 Å². The molecule has 0 aliphatic heterocycles. The molecule has 0 aromatic heterocycles. The maximum Gasteiger partial charge on any atom is 0.270 e. The van der Waals surface area contributed by atoms with E-state index in [1.165, 1.54) is 12.1 Å². The van der Waals surface area contributed by atoms with Gasteiger partial charge in [0, 0.05) is 17.7 Å². The Kier molecular flexibility index (Phi) is 3.99. The number of hydrogen-bond acceptors (Lipinski definition) is 4. The fourth-order valence-electron chi connectivity index (χ4n) is 1.40. The van der Waals surface area contributed by atoms with Gasteiger partial charge in [-0.15, -0.1) is 0 Å². The van der Waals surface area contributed by atoms with Crippen LogP contribution < -0.4 is 0 Å². The topological polar surface area (TPSA) is 75.7 Å². The molecule has 0 bridgehead atoms. The Bertz CT molecular complexity index is 413. The number of oxime groups is 1. The summed E-state index contributed by atoms with van der Waals surface area (Å²) in [5.41, 5.74) is 1.06. The summed E-state index contributed by atoms with van der Waals surface area (Å²) in [5.74, 6) is 0.324. The Morgan fingerprint density at radius 2 is 2.25 bits per heavy atom. The van der Waals surface area contributed by atoms with Gasteiger partial charge in [-0.25, -0.2) is 0 Å². The molecule has 0 spiro atoms. The zero-order chi connectivity index (χ0) is 12.1. The highest BCUT2D eigenvalue weighted by atomic mass is 16.6. The summed E-state index contributed by atoms with van der Waals surface area (Å²) in [6, 6.07) is 6.11. The van der Waals surface area contributed by atoms with Crippen LogP contribution in [0.4, 0.5) is 5.69 Å². The van der Waals surface area contributed by atoms with E-state index in [1.54, 1.807) is 12.1 Å². The van der Waals surface area contributed by atoms with Gasteiger partial charge in [0.2, 0.25) is 0 Å². The first kappa shape index (κ1) is 12.2. The fourth-order valence-corrected chi connectivity index (χ4v) is 1.40. The van der Waals surface area contributed by atoms with Crippen molar-refractivity contribution < 1.29 is 10.1 Å². The third-order valence-electron chi connectivity index (χ3n) is 2.11. The predicted octanol–water partition coefficient (Wildman–Crippen LogP) is 2.82. The van der Waals surface area contributed by atoms with Gasteiger partial charge in [0.05, 0.1) is 10.6 Å². The van der Waals surface area contributed by atoms with Gasteiger partial charge < -0.3 is 5.21 Å². The summed E-state index contributed by atoms with van der Waals surface area (Å²) >= 11 is 0. The average molecular weight is 222 g/mol. The van der Waals surface area contributed by atoms with Gasteiger partial charge in [0.1, 0.15) is 0 Å². The summed E-state index contributed by atoms with van der Waals surface area (Å²) < 4.78 is 0. The van der Waals surface area contributed by atoms with Gasteiger partial charge >= 0.3 is 0 Å². The van der Waals surface area contributed by atoms with Crippen molar-refractivity contribution >= 4 is 11.4 Å². The van der Waals surface area contributed by atoms with E-state index in [9.17, 15) is 10.1 Å². The Morgan fingerprint density at radius 3 is 2.75 bits per heavy atom. The quantitative estimate of drug-likeness (QED) is 0.368. The van der Waals surface area contributed by atoms with Crippen molar-refractivity contribution in [1.82, 2.24) is 0 Å². The molecule has 0 saturated carbocycles. The summed E-state index contributed by atoms with van der Waals surface area (Å²) in [6.07, 6.45) is 0.581. The van der Waals surface area contributed by atoms with Gasteiger partial charge in [0.25, 0.3) is 5.69 Å². The lowest BCUT2D eigenvalue weighted by Gasteiger charge is -2.06. The molecule has 0 aliphatic rings. The van der Waals surface area contributed by atoms with E-state index in [0.29, 0.717) is 23.6 Å². The largest absolute Gasteiger partial charge is 0.411 e. The molecule has 0 heterocycles. The first-order valence-electron chi connectivity index (χ1n) is 5.00. The highest BCUT2D eigenvalue weighted by Gasteiger charge is 2.11. The van der Waals surface area contributed by atoms with Crippen molar-refractivity contribution in [2.45, 2.75) is 20.3 Å². The predicted molar refractivity (Wildman–Crippen MR) is 60.9 cm³/mol. The molecule has 1 N–H and O–H groups in total. The average Bonchev–Trinajstić information content (AvgIpc) is 2.25. The van der Waals surface area contributed by atoms with Crippen molar-refractivity contribution in [3.8, 4) is 0 Å². The number of nitro groups is 1. The van der Waals surface area contributed by atoms with Crippen LogP contribution in [-0.2, 0) is 0 Å². The molecule has 1 aromatic rings. The first-order chi connectivity index (χ1) is 7.54. The fraction of sp³-hybridized carbons (Fsp3) is 0.364. The normalized spacial score (nSPS) is 11.8. The maximum absolute atomic E-state index is 10.6. The Morgan fingerprint density at radius 1 is 1.56 bits per heavy atom. The van der Waals surface area contributed by atoms with E-state index in [0.717, 1.165) is 0 Å². The Hall–Kier alpha value is -1.91. The van der Waals surface area contributed by atoms with Crippen LogP contribution in [0.2, 0.25) is 0 Å². The minimum absolute atomic E-state index is 0.00223. The molecule has 1 aromatic carbocycles. The summed E-state index contributed by atoms with van der Waals surface area (Å²) in [6.45, 7) is 3.98. The second-order valence-corrected chi connectivity index (χ2v) is 3.95. The summed E-state index contributed by atoms with van der Waals surface area (Å²) in [5, 5.41) is 22.7. The van der Waals surface area contributed by atoms with Crippen LogP contribution in [-0.4, -0.2) is 15.8 Å². The number of benzene rings is 1. The lowest BCUT2D eigenvalue weighted by molar-refractivity contribution is -0.384. The van der Waals surface area contributed by atoms with Gasteiger partial charge in [-0.1, -0.05) is 31.1 Å². The molecule has 0 atom stereocenters. The third-order valence-corrected chi connectivity index (χ3v) is 2.11. The van der Waals surface area contributed by atoms with E-state index in [1.807, 2.05) is 13.8 Å². The van der Waals surface area contributed by atoms with Crippen LogP contribution in [0.25, 0.3) is 0 Å². The molecule has 0 fully saturated rings. The van der Waals surface area contributed by atoms with Crippen molar-refractivity contribution in [2.24, 2.45) is 11.1 Å². The molecule has 0 saturated heterocycles. The highest BCUT2D eigenvalue weighted by molar-refractivity contribution is 6.00. The molecule has 5 nitrogen and oxygen atoms in total. The monoisotopic (exact) mass is 222 g/mol. The van der Waals surface area contributed by atoms with Gasteiger partial charge in [-0.05, 0) is 12.3 Å². The molecule has 86 valence electrons. The smallest absolute Gasteiger partial charge is 0.270 e. The van der Waals surface area contributed by atoms with Gasteiger partial charge in [0.15, 0.2) is 0 Å². The lowest BCUT2D eigenvalue weighted by Crippen LogP contribution is -2.05. The molecule has 0 amide bonds. The summed E-state index contributed by atoms with van der Waals surface area (Å²) in [7, 11) is 0. The molecule has 0 unspecified atom stereocenters. The number of nitro benzene ring substituents is 1. The third kappa shape index (κ3) is 3.05. The number of hydrogen-bond donors (Lipinski definition) is 1. The SMILES string of the molecule is CC(C)C/C(=N/O)c1cccc([N+](=O)[O-])c1. The zero-order valence-electron chi connectivity index (χ0n) is 9.25. The van der Waals surface area contributed by atoms with E-state index in [2.05, 4.69) is 5.16 Å². The van der Waals surface area contributed by atoms with Crippen LogP contribution in [0.5, 0.6) is 0 Å². The maximum atomic E-state index is 10.6. The molecular weight excluding hydrogens is 208 g/mol. The minimum atomic E-state index is -0.464. The zero-order valence-corrected chi connectivity index (χ0v) is 9.25. The Labute approximate surface area is 93.6 Å². The minimum Gasteiger partial charge on any atom is -0.411 e. The second-order valence-electron chi connectivity index (χ2n) is 3.95. The van der Waals surface area contributed by atoms with Crippen molar-refractivity contribution in [1.29, 1.82) is 0 Å². The molecule has 0 radical (unpaired) electrons. The Balaban J connectivity index is 3.02. The van der Waals surface area contributed by atoms with Crippen LogP contribution in [0, 0.1) is 16.0 Å². The van der Waals surface area contributed by atoms with E-state index in [-0.39, 0.29) is 5.69 Å². The molecule has 0 aliphatic carbocycles. The highest BCUT2D eigenvalue weighted by Crippen LogP contribution is 2.16. The summed E-state index contributed by atoms with van der Waals surface area (Å²) in [4.78, 5) is 10.1. The number of nitrogens with zero attached hydrogens (tertiary/aromatic N) is 2. The van der Waals surface area contributed by atoms with Crippen molar-refractivity contribution in [2.75, 3.05) is 0 Å². The van der Waals surface area contributed by atoms with Gasteiger partial charge in [-0.2, -0.15) is 0 Å². The molecule has 16 heavy (non-hydrogen) atoms. The van der Waals surface area contributed by atoms with Crippen LogP contribution in [0.3, 0.4) is 0 Å². The van der Waals surface area contributed by atoms with Crippen LogP contribution in [0.1, 0.15) is 25.8 Å².